The van der Waals surface area contributed by atoms with Crippen molar-refractivity contribution in [1.82, 2.24) is 4.31 Å². The number of hydrogen-bond donors (Lipinski definition) is 3. The first-order chi connectivity index (χ1) is 15.9. The van der Waals surface area contributed by atoms with Crippen LogP contribution in [-0.4, -0.2) is 31.9 Å². The molecule has 1 aliphatic rings. The number of hydrogen-bond acceptors (Lipinski definition) is 7. The van der Waals surface area contributed by atoms with E-state index in [-0.39, 0.29) is 33.5 Å². The fourth-order valence-electron chi connectivity index (χ4n) is 4.34. The van der Waals surface area contributed by atoms with Crippen LogP contribution in [-0.2, 0) is 16.4 Å². The zero-order valence-electron chi connectivity index (χ0n) is 19.3. The molecule has 0 saturated heterocycles. The van der Waals surface area contributed by atoms with E-state index < -0.39 is 31.5 Å². The van der Waals surface area contributed by atoms with Gasteiger partial charge in [0.2, 0.25) is 10.0 Å². The summed E-state index contributed by atoms with van der Waals surface area (Å²) in [6, 6.07) is 10.4. The van der Waals surface area contributed by atoms with Gasteiger partial charge in [-0.3, -0.25) is 9.59 Å². The second kappa shape index (κ2) is 8.41. The summed E-state index contributed by atoms with van der Waals surface area (Å²) in [5.74, 6) is -0.636. The van der Waals surface area contributed by atoms with Gasteiger partial charge in [-0.05, 0) is 41.5 Å². The summed E-state index contributed by atoms with van der Waals surface area (Å²) in [6.07, 6.45) is 1.81. The molecule has 0 aliphatic heterocycles. The molecular formula is C24H26ClN3O5S. The number of halogens is 1. The van der Waals surface area contributed by atoms with Crippen molar-refractivity contribution in [2.24, 2.45) is 5.41 Å². The summed E-state index contributed by atoms with van der Waals surface area (Å²) in [4.78, 5) is 24.5. The highest BCUT2D eigenvalue weighted by molar-refractivity contribution is 7.89. The highest BCUT2D eigenvalue weighted by Crippen LogP contribution is 2.46. The maximum Gasteiger partial charge on any atom is 0.253 e. The predicted molar refractivity (Wildman–Crippen MR) is 134 cm³/mol. The second-order valence-corrected chi connectivity index (χ2v) is 11.9. The van der Waals surface area contributed by atoms with E-state index in [4.69, 9.17) is 11.6 Å². The Hall–Kier alpha value is -2.88. The average molecular weight is 504 g/mol. The predicted octanol–water partition coefficient (Wildman–Crippen LogP) is 3.76. The maximum atomic E-state index is 12.6. The smallest absolute Gasteiger partial charge is 0.253 e. The minimum absolute atomic E-state index is 0.0327. The number of phenolic OH excluding ortho intramolecular Hbond substituents is 1. The molecular weight excluding hydrogens is 478 g/mol. The lowest BCUT2D eigenvalue weighted by Gasteiger charge is -2.41. The Morgan fingerprint density at radius 3 is 2.38 bits per heavy atom. The number of benzene rings is 2. The van der Waals surface area contributed by atoms with Crippen LogP contribution in [0.2, 0.25) is 5.02 Å². The van der Waals surface area contributed by atoms with Crippen LogP contribution in [0, 0.1) is 5.41 Å². The first kappa shape index (κ1) is 24.3. The molecule has 0 bridgehead atoms. The van der Waals surface area contributed by atoms with Crippen LogP contribution in [0.15, 0.2) is 50.9 Å². The van der Waals surface area contributed by atoms with Gasteiger partial charge in [0.25, 0.3) is 10.9 Å². The van der Waals surface area contributed by atoms with Crippen molar-refractivity contribution in [1.29, 1.82) is 0 Å². The topological polar surface area (TPSA) is 116 Å². The van der Waals surface area contributed by atoms with Gasteiger partial charge in [0.05, 0.1) is 16.8 Å². The molecule has 0 saturated carbocycles. The number of rotatable bonds is 6. The van der Waals surface area contributed by atoms with Gasteiger partial charge >= 0.3 is 0 Å². The van der Waals surface area contributed by atoms with E-state index in [1.807, 2.05) is 18.2 Å². The van der Waals surface area contributed by atoms with E-state index in [9.17, 15) is 23.1 Å². The Bertz CT molecular complexity index is 1460. The molecule has 0 fully saturated rings. The van der Waals surface area contributed by atoms with E-state index in [0.29, 0.717) is 0 Å². The summed E-state index contributed by atoms with van der Waals surface area (Å²) < 4.78 is 26.2. The van der Waals surface area contributed by atoms with Crippen molar-refractivity contribution in [3.8, 4) is 5.75 Å². The summed E-state index contributed by atoms with van der Waals surface area (Å²) in [7, 11) is -1.44. The lowest BCUT2D eigenvalue weighted by Crippen LogP contribution is -2.41. The quantitative estimate of drug-likeness (QED) is 0.346. The van der Waals surface area contributed by atoms with Gasteiger partial charge in [0.15, 0.2) is 5.75 Å². The number of anilines is 3. The third-order valence-corrected chi connectivity index (χ3v) is 8.78. The van der Waals surface area contributed by atoms with Crippen LogP contribution in [0.3, 0.4) is 0 Å². The van der Waals surface area contributed by atoms with Gasteiger partial charge in [-0.15, -0.1) is 0 Å². The first-order valence-corrected chi connectivity index (χ1v) is 12.6. The van der Waals surface area contributed by atoms with E-state index in [2.05, 4.69) is 30.5 Å². The Balaban J connectivity index is 1.73. The van der Waals surface area contributed by atoms with Gasteiger partial charge in [0.1, 0.15) is 16.3 Å². The number of aromatic hydroxyl groups is 1. The number of nitrogens with zero attached hydrogens (tertiary/aromatic N) is 1. The highest BCUT2D eigenvalue weighted by atomic mass is 35.5. The second-order valence-electron chi connectivity index (χ2n) is 9.36. The molecule has 1 unspecified atom stereocenters. The molecule has 3 N–H and O–H groups in total. The van der Waals surface area contributed by atoms with Crippen LogP contribution in [0.1, 0.15) is 37.4 Å². The Labute approximate surface area is 202 Å². The number of sulfonamides is 1. The zero-order valence-corrected chi connectivity index (χ0v) is 20.8. The van der Waals surface area contributed by atoms with Crippen molar-refractivity contribution in [2.45, 2.75) is 37.6 Å². The summed E-state index contributed by atoms with van der Waals surface area (Å²) >= 11 is 6.06. The van der Waals surface area contributed by atoms with Gasteiger partial charge < -0.3 is 15.7 Å². The fourth-order valence-corrected chi connectivity index (χ4v) is 5.82. The van der Waals surface area contributed by atoms with Crippen LogP contribution in [0.4, 0.5) is 17.1 Å². The van der Waals surface area contributed by atoms with E-state index in [1.54, 1.807) is 0 Å². The lowest BCUT2D eigenvalue weighted by atomic mass is 9.70. The number of phenols is 1. The van der Waals surface area contributed by atoms with Gasteiger partial charge in [-0.25, -0.2) is 12.7 Å². The number of fused-ring (bicyclic) bond motifs is 1. The normalized spacial score (nSPS) is 17.5. The minimum Gasteiger partial charge on any atom is -0.504 e. The van der Waals surface area contributed by atoms with Crippen molar-refractivity contribution in [3.05, 3.63) is 73.0 Å². The van der Waals surface area contributed by atoms with Crippen molar-refractivity contribution < 1.29 is 13.5 Å². The molecule has 0 radical (unpaired) electrons. The highest BCUT2D eigenvalue weighted by Gasteiger charge is 2.38. The fraction of sp³-hybridized carbons (Fsp3) is 0.333. The molecule has 8 nitrogen and oxygen atoms in total. The summed E-state index contributed by atoms with van der Waals surface area (Å²) in [5.41, 5.74) is 0.643. The Morgan fingerprint density at radius 1 is 1.06 bits per heavy atom. The molecule has 0 spiro atoms. The number of nitrogens with one attached hydrogen (secondary N) is 2. The molecule has 0 heterocycles. The van der Waals surface area contributed by atoms with Crippen molar-refractivity contribution in [3.63, 3.8) is 0 Å². The monoisotopic (exact) mass is 503 g/mol. The zero-order chi connectivity index (χ0) is 25.0. The van der Waals surface area contributed by atoms with Gasteiger partial charge in [-0.1, -0.05) is 49.7 Å². The third-order valence-electron chi connectivity index (χ3n) is 6.47. The molecule has 3 aromatic rings. The Kier molecular flexibility index (Phi) is 6.00. The van der Waals surface area contributed by atoms with Crippen LogP contribution >= 0.6 is 11.6 Å². The lowest BCUT2D eigenvalue weighted by molar-refractivity contribution is 0.265. The molecule has 0 aromatic heterocycles. The SMILES string of the molecule is CN(C)S(=O)(=O)c1c(Cl)ccc(Nc2c(NC3c4ccccc4CCC3(C)C)c(=O)c2=O)c1O. The Morgan fingerprint density at radius 2 is 1.71 bits per heavy atom. The average Bonchev–Trinajstić information content (AvgIpc) is 2.78. The molecule has 3 aromatic carbocycles. The molecule has 1 aliphatic carbocycles. The van der Waals surface area contributed by atoms with E-state index in [1.165, 1.54) is 31.8 Å². The van der Waals surface area contributed by atoms with Crippen LogP contribution in [0.5, 0.6) is 5.75 Å². The molecule has 1 atom stereocenters. The molecule has 180 valence electrons. The van der Waals surface area contributed by atoms with Crippen molar-refractivity contribution in [2.75, 3.05) is 24.7 Å². The van der Waals surface area contributed by atoms with Gasteiger partial charge in [0, 0.05) is 14.1 Å². The minimum atomic E-state index is -4.07. The standard InChI is InChI=1S/C24H26ClN3O5S/c1-24(2)12-11-13-7-5-6-8-14(13)23(24)27-18-17(20(30)21(18)31)26-16-10-9-15(25)22(19(16)29)34(32,33)28(3)4/h5-10,23,26-27,29H,11-12H2,1-4H3. The third kappa shape index (κ3) is 3.87. The maximum absolute atomic E-state index is 12.6. The van der Waals surface area contributed by atoms with E-state index in [0.717, 1.165) is 22.7 Å². The summed E-state index contributed by atoms with van der Waals surface area (Å²) in [6.45, 7) is 4.20. The van der Waals surface area contributed by atoms with Crippen LogP contribution < -0.4 is 21.5 Å². The molecule has 34 heavy (non-hydrogen) atoms. The molecule has 4 rings (SSSR count). The largest absolute Gasteiger partial charge is 0.504 e. The summed E-state index contributed by atoms with van der Waals surface area (Å²) in [5, 5.41) is 16.5. The molecule has 10 heteroatoms. The first-order valence-electron chi connectivity index (χ1n) is 10.7. The van der Waals surface area contributed by atoms with E-state index >= 15 is 0 Å². The van der Waals surface area contributed by atoms with Gasteiger partial charge in [-0.2, -0.15) is 0 Å². The number of aryl methyl sites for hydroxylation is 1. The van der Waals surface area contributed by atoms with Crippen LogP contribution in [0.25, 0.3) is 0 Å². The van der Waals surface area contributed by atoms with Crippen molar-refractivity contribution >= 4 is 38.7 Å². The molecule has 0 amide bonds.